The highest BCUT2D eigenvalue weighted by Crippen LogP contribution is 2.33. The third-order valence-corrected chi connectivity index (χ3v) is 6.89. The smallest absolute Gasteiger partial charge is 0.0689 e. The SMILES string of the molecule is C[SiH](C1=CCCC1)C1C=CCC1. The molecule has 0 saturated carbocycles. The van der Waals surface area contributed by atoms with Gasteiger partial charge in [0.15, 0.2) is 0 Å². The van der Waals surface area contributed by atoms with Crippen molar-refractivity contribution >= 4 is 8.80 Å². The molecule has 66 valence electrons. The Balaban J connectivity index is 1.98. The molecule has 0 heterocycles. The Bertz CT molecular complexity index is 215. The Morgan fingerprint density at radius 3 is 2.92 bits per heavy atom. The quantitative estimate of drug-likeness (QED) is 0.450. The second-order valence-electron chi connectivity index (χ2n) is 4.13. The van der Waals surface area contributed by atoms with Crippen LogP contribution in [-0.2, 0) is 0 Å². The summed E-state index contributed by atoms with van der Waals surface area (Å²) in [6.07, 6.45) is 14.4. The fourth-order valence-electron chi connectivity index (χ4n) is 2.46. The molecule has 2 aliphatic rings. The standard InChI is InChI=1S/C11H18Si/c1-12(10-6-2-3-7-10)11-8-4-5-9-11/h2,6,8,10,12H,3-5,7,9H2,1H3. The van der Waals surface area contributed by atoms with Crippen molar-refractivity contribution in [3.8, 4) is 0 Å². The fraction of sp³-hybridized carbons (Fsp3) is 0.636. The summed E-state index contributed by atoms with van der Waals surface area (Å²) in [5.74, 6) is 0. The van der Waals surface area contributed by atoms with E-state index in [0.29, 0.717) is 0 Å². The van der Waals surface area contributed by atoms with Gasteiger partial charge in [0.1, 0.15) is 0 Å². The summed E-state index contributed by atoms with van der Waals surface area (Å²) in [6, 6.07) is 0. The lowest BCUT2D eigenvalue weighted by Gasteiger charge is -2.17. The van der Waals surface area contributed by atoms with E-state index in [9.17, 15) is 0 Å². The maximum atomic E-state index is 2.54. The summed E-state index contributed by atoms with van der Waals surface area (Å²) >= 11 is 0. The molecule has 1 heteroatoms. The van der Waals surface area contributed by atoms with E-state index in [4.69, 9.17) is 0 Å². The van der Waals surface area contributed by atoms with Gasteiger partial charge in [-0.05, 0) is 37.6 Å². The van der Waals surface area contributed by atoms with Gasteiger partial charge in [0, 0.05) is 0 Å². The monoisotopic (exact) mass is 178 g/mol. The molecule has 0 aromatic rings. The maximum absolute atomic E-state index is 2.54. The number of hydrogen-bond donors (Lipinski definition) is 0. The van der Waals surface area contributed by atoms with Crippen LogP contribution in [0.5, 0.6) is 0 Å². The van der Waals surface area contributed by atoms with Crippen LogP contribution in [0.1, 0.15) is 32.1 Å². The minimum absolute atomic E-state index is 0.533. The third-order valence-electron chi connectivity index (χ3n) is 3.35. The van der Waals surface area contributed by atoms with E-state index in [1.807, 2.05) is 5.20 Å². The molecule has 2 aliphatic carbocycles. The normalized spacial score (nSPS) is 30.8. The molecule has 0 fully saturated rings. The van der Waals surface area contributed by atoms with Crippen molar-refractivity contribution in [2.75, 3.05) is 0 Å². The lowest BCUT2D eigenvalue weighted by Crippen LogP contribution is -2.16. The Hall–Kier alpha value is -0.303. The number of hydrogen-bond acceptors (Lipinski definition) is 0. The third kappa shape index (κ3) is 1.56. The van der Waals surface area contributed by atoms with Gasteiger partial charge in [-0.1, -0.05) is 30.0 Å². The van der Waals surface area contributed by atoms with Gasteiger partial charge in [0.05, 0.1) is 8.80 Å². The van der Waals surface area contributed by atoms with Crippen molar-refractivity contribution in [2.45, 2.75) is 44.2 Å². The molecule has 2 rings (SSSR count). The zero-order valence-corrected chi connectivity index (χ0v) is 9.08. The van der Waals surface area contributed by atoms with Crippen molar-refractivity contribution in [1.82, 2.24) is 0 Å². The average Bonchev–Trinajstić information content (AvgIpc) is 2.77. The lowest BCUT2D eigenvalue weighted by atomic mass is 10.3. The minimum Gasteiger partial charge on any atom is -0.0895 e. The highest BCUT2D eigenvalue weighted by Gasteiger charge is 2.22. The van der Waals surface area contributed by atoms with Crippen LogP contribution in [0, 0.1) is 0 Å². The molecule has 0 spiro atoms. The second kappa shape index (κ2) is 3.61. The summed E-state index contributed by atoms with van der Waals surface area (Å²) in [7, 11) is -0.533. The van der Waals surface area contributed by atoms with E-state index in [-0.39, 0.29) is 0 Å². The average molecular weight is 178 g/mol. The first-order valence-corrected chi connectivity index (χ1v) is 7.63. The van der Waals surface area contributed by atoms with Gasteiger partial charge >= 0.3 is 0 Å². The zero-order chi connectivity index (χ0) is 8.39. The van der Waals surface area contributed by atoms with Gasteiger partial charge in [-0.3, -0.25) is 0 Å². The Kier molecular flexibility index (Phi) is 2.50. The maximum Gasteiger partial charge on any atom is 0.0689 e. The van der Waals surface area contributed by atoms with Gasteiger partial charge in [-0.25, -0.2) is 0 Å². The summed E-state index contributed by atoms with van der Waals surface area (Å²) in [5, 5.41) is 1.87. The summed E-state index contributed by atoms with van der Waals surface area (Å²) in [5.41, 5.74) is 0.995. The van der Waals surface area contributed by atoms with Crippen LogP contribution in [-0.4, -0.2) is 8.80 Å². The predicted octanol–water partition coefficient (Wildman–Crippen LogP) is 3.21. The van der Waals surface area contributed by atoms with Gasteiger partial charge < -0.3 is 0 Å². The van der Waals surface area contributed by atoms with E-state index >= 15 is 0 Å². The molecular weight excluding hydrogens is 160 g/mol. The van der Waals surface area contributed by atoms with E-state index in [1.165, 1.54) is 32.1 Å². The largest absolute Gasteiger partial charge is 0.0895 e. The first-order chi connectivity index (χ1) is 5.88. The first-order valence-electron chi connectivity index (χ1n) is 5.23. The Morgan fingerprint density at radius 1 is 1.42 bits per heavy atom. The molecule has 0 amide bonds. The van der Waals surface area contributed by atoms with Crippen molar-refractivity contribution in [3.63, 3.8) is 0 Å². The van der Waals surface area contributed by atoms with Gasteiger partial charge in [-0.15, -0.1) is 0 Å². The van der Waals surface area contributed by atoms with Crippen LogP contribution >= 0.6 is 0 Å². The molecule has 0 radical (unpaired) electrons. The van der Waals surface area contributed by atoms with Gasteiger partial charge in [0.25, 0.3) is 0 Å². The summed E-state index contributed by atoms with van der Waals surface area (Å²) in [4.78, 5) is 0. The number of rotatable bonds is 2. The van der Waals surface area contributed by atoms with Crippen LogP contribution in [0.25, 0.3) is 0 Å². The first kappa shape index (κ1) is 8.30. The lowest BCUT2D eigenvalue weighted by molar-refractivity contribution is 0.893. The molecule has 0 N–H and O–H groups in total. The molecule has 0 nitrogen and oxygen atoms in total. The van der Waals surface area contributed by atoms with E-state index < -0.39 is 8.80 Å². The molecule has 0 bridgehead atoms. The van der Waals surface area contributed by atoms with Crippen molar-refractivity contribution in [1.29, 1.82) is 0 Å². The molecule has 0 aromatic heterocycles. The van der Waals surface area contributed by atoms with Crippen molar-refractivity contribution < 1.29 is 0 Å². The minimum atomic E-state index is -0.533. The molecule has 0 saturated heterocycles. The van der Waals surface area contributed by atoms with Crippen LogP contribution < -0.4 is 0 Å². The summed E-state index contributed by atoms with van der Waals surface area (Å²) < 4.78 is 0. The van der Waals surface area contributed by atoms with E-state index in [2.05, 4.69) is 24.8 Å². The van der Waals surface area contributed by atoms with E-state index in [1.54, 1.807) is 0 Å². The predicted molar refractivity (Wildman–Crippen MR) is 57.1 cm³/mol. The summed E-state index contributed by atoms with van der Waals surface area (Å²) in [6.45, 7) is 2.54. The molecule has 12 heavy (non-hydrogen) atoms. The van der Waals surface area contributed by atoms with Crippen LogP contribution in [0.4, 0.5) is 0 Å². The molecule has 0 aliphatic heterocycles. The van der Waals surface area contributed by atoms with Crippen LogP contribution in [0.3, 0.4) is 0 Å². The second-order valence-corrected chi connectivity index (χ2v) is 7.30. The highest BCUT2D eigenvalue weighted by molar-refractivity contribution is 6.67. The van der Waals surface area contributed by atoms with Crippen molar-refractivity contribution in [3.05, 3.63) is 23.4 Å². The van der Waals surface area contributed by atoms with Gasteiger partial charge in [0.2, 0.25) is 0 Å². The molecule has 2 atom stereocenters. The van der Waals surface area contributed by atoms with Gasteiger partial charge in [-0.2, -0.15) is 0 Å². The Morgan fingerprint density at radius 2 is 2.33 bits per heavy atom. The molecular formula is C11H18Si. The topological polar surface area (TPSA) is 0 Å². The molecule has 2 unspecified atom stereocenters. The van der Waals surface area contributed by atoms with E-state index in [0.717, 1.165) is 5.54 Å². The number of allylic oxidation sites excluding steroid dienone is 4. The highest BCUT2D eigenvalue weighted by atomic mass is 28.3. The van der Waals surface area contributed by atoms with Crippen LogP contribution in [0.15, 0.2) is 23.4 Å². The zero-order valence-electron chi connectivity index (χ0n) is 7.92. The molecule has 0 aromatic carbocycles. The fourth-order valence-corrected chi connectivity index (χ4v) is 5.39. The van der Waals surface area contributed by atoms with Crippen LogP contribution in [0.2, 0.25) is 12.1 Å². The Labute approximate surface area is 77.0 Å². The van der Waals surface area contributed by atoms with Crippen molar-refractivity contribution in [2.24, 2.45) is 0 Å².